The highest BCUT2D eigenvalue weighted by Crippen LogP contribution is 2.27. The van der Waals surface area contributed by atoms with E-state index < -0.39 is 16.0 Å². The summed E-state index contributed by atoms with van der Waals surface area (Å²) in [4.78, 5) is 25.2. The number of nitrogens with zero attached hydrogens (tertiary/aromatic N) is 2. The summed E-state index contributed by atoms with van der Waals surface area (Å²) in [6.07, 6.45) is 2.56. The summed E-state index contributed by atoms with van der Waals surface area (Å²) < 4.78 is 35.9. The number of hydrogen-bond donors (Lipinski definition) is 0. The standard InChI is InChI=1S/C18H26N2O6S/c1-6-20(7-2)17(21)13-26-18(22)11-9-14-8-10-15(25-5)16(12-14)27(23,24)19(3)4/h8-12H,6-7,13H2,1-5H3/b11-9+. The highest BCUT2D eigenvalue weighted by atomic mass is 32.2. The molecule has 1 rings (SSSR count). The van der Waals surface area contributed by atoms with Gasteiger partial charge >= 0.3 is 5.97 Å². The SMILES string of the molecule is CCN(CC)C(=O)COC(=O)/C=C/c1ccc(OC)c(S(=O)(=O)N(C)C)c1. The molecule has 0 spiro atoms. The molecule has 0 radical (unpaired) electrons. The monoisotopic (exact) mass is 398 g/mol. The zero-order valence-corrected chi connectivity index (χ0v) is 17.1. The predicted octanol–water partition coefficient (Wildman–Crippen LogP) is 1.37. The Morgan fingerprint density at radius 2 is 1.78 bits per heavy atom. The Labute approximate surface area is 160 Å². The lowest BCUT2D eigenvalue weighted by molar-refractivity contribution is -0.147. The molecule has 0 saturated carbocycles. The summed E-state index contributed by atoms with van der Waals surface area (Å²) in [5.41, 5.74) is 0.475. The molecule has 1 amide bonds. The van der Waals surface area contributed by atoms with Gasteiger partial charge in [-0.05, 0) is 37.6 Å². The van der Waals surface area contributed by atoms with E-state index in [4.69, 9.17) is 9.47 Å². The van der Waals surface area contributed by atoms with Crippen molar-refractivity contribution in [3.63, 3.8) is 0 Å². The van der Waals surface area contributed by atoms with Crippen LogP contribution in [0.25, 0.3) is 6.08 Å². The number of ether oxygens (including phenoxy) is 2. The van der Waals surface area contributed by atoms with Crippen LogP contribution in [-0.2, 0) is 24.3 Å². The predicted molar refractivity (Wildman–Crippen MR) is 102 cm³/mol. The average molecular weight is 398 g/mol. The van der Waals surface area contributed by atoms with Crippen LogP contribution in [0.4, 0.5) is 0 Å². The Balaban J connectivity index is 2.90. The second-order valence-corrected chi connectivity index (χ2v) is 7.83. The number of amides is 1. The molecule has 0 N–H and O–H groups in total. The third kappa shape index (κ3) is 6.07. The molecule has 0 bridgehead atoms. The van der Waals surface area contributed by atoms with E-state index >= 15 is 0 Å². The van der Waals surface area contributed by atoms with Gasteiger partial charge in [0.2, 0.25) is 10.0 Å². The summed E-state index contributed by atoms with van der Waals surface area (Å²) in [7, 11) is 0.506. The largest absolute Gasteiger partial charge is 0.495 e. The number of sulfonamides is 1. The number of methoxy groups -OCH3 is 1. The van der Waals surface area contributed by atoms with E-state index in [0.29, 0.717) is 18.7 Å². The van der Waals surface area contributed by atoms with Crippen LogP contribution in [0.2, 0.25) is 0 Å². The molecule has 0 atom stereocenters. The number of carbonyl (C=O) groups excluding carboxylic acids is 2. The van der Waals surface area contributed by atoms with Gasteiger partial charge in [0.05, 0.1) is 7.11 Å². The van der Waals surface area contributed by atoms with E-state index in [1.807, 2.05) is 13.8 Å². The van der Waals surface area contributed by atoms with Gasteiger partial charge in [-0.3, -0.25) is 4.79 Å². The summed E-state index contributed by atoms with van der Waals surface area (Å²) >= 11 is 0. The van der Waals surface area contributed by atoms with E-state index in [-0.39, 0.29) is 23.2 Å². The first kappa shape index (κ1) is 22.7. The van der Waals surface area contributed by atoms with Gasteiger partial charge in [-0.15, -0.1) is 0 Å². The number of rotatable bonds is 9. The average Bonchev–Trinajstić information content (AvgIpc) is 2.65. The molecule has 0 heterocycles. The van der Waals surface area contributed by atoms with Crippen LogP contribution in [0.15, 0.2) is 29.2 Å². The van der Waals surface area contributed by atoms with Crippen LogP contribution in [0.5, 0.6) is 5.75 Å². The van der Waals surface area contributed by atoms with Gasteiger partial charge in [-0.1, -0.05) is 6.07 Å². The number of hydrogen-bond acceptors (Lipinski definition) is 6. The highest BCUT2D eigenvalue weighted by molar-refractivity contribution is 7.89. The minimum Gasteiger partial charge on any atom is -0.495 e. The summed E-state index contributed by atoms with van der Waals surface area (Å²) in [6.45, 7) is 4.42. The Kier molecular flexibility index (Phi) is 8.45. The van der Waals surface area contributed by atoms with Gasteiger partial charge in [0.1, 0.15) is 10.6 Å². The van der Waals surface area contributed by atoms with E-state index in [9.17, 15) is 18.0 Å². The zero-order valence-electron chi connectivity index (χ0n) is 16.3. The number of likely N-dealkylation sites (N-methyl/N-ethyl adjacent to an activating group) is 1. The maximum Gasteiger partial charge on any atom is 0.331 e. The molecule has 0 aliphatic carbocycles. The number of benzene rings is 1. The molecular formula is C18H26N2O6S. The second kappa shape index (κ2) is 10.1. The Bertz CT molecular complexity index is 798. The van der Waals surface area contributed by atoms with Crippen LogP contribution in [-0.4, -0.2) is 70.4 Å². The molecule has 27 heavy (non-hydrogen) atoms. The van der Waals surface area contributed by atoms with Crippen molar-refractivity contribution in [1.29, 1.82) is 0 Å². The van der Waals surface area contributed by atoms with E-state index in [1.54, 1.807) is 11.0 Å². The zero-order chi connectivity index (χ0) is 20.6. The molecule has 9 heteroatoms. The highest BCUT2D eigenvalue weighted by Gasteiger charge is 2.22. The normalized spacial score (nSPS) is 11.6. The van der Waals surface area contributed by atoms with Crippen molar-refractivity contribution in [2.45, 2.75) is 18.7 Å². The van der Waals surface area contributed by atoms with Crippen molar-refractivity contribution in [3.8, 4) is 5.75 Å². The summed E-state index contributed by atoms with van der Waals surface area (Å²) in [5, 5.41) is 0. The van der Waals surface area contributed by atoms with Crippen LogP contribution < -0.4 is 4.74 Å². The van der Waals surface area contributed by atoms with Gasteiger partial charge < -0.3 is 14.4 Å². The van der Waals surface area contributed by atoms with Crippen LogP contribution >= 0.6 is 0 Å². The Morgan fingerprint density at radius 3 is 2.30 bits per heavy atom. The first-order chi connectivity index (χ1) is 12.7. The van der Waals surface area contributed by atoms with Crippen LogP contribution in [0, 0.1) is 0 Å². The number of carbonyl (C=O) groups is 2. The Hall–Kier alpha value is -2.39. The molecule has 1 aromatic rings. The molecule has 0 aromatic heterocycles. The summed E-state index contributed by atoms with van der Waals surface area (Å²) in [6, 6.07) is 4.52. The van der Waals surface area contributed by atoms with Crippen molar-refractivity contribution >= 4 is 28.0 Å². The molecule has 150 valence electrons. The molecule has 8 nitrogen and oxygen atoms in total. The van der Waals surface area contributed by atoms with Gasteiger partial charge in [-0.2, -0.15) is 0 Å². The maximum absolute atomic E-state index is 12.4. The van der Waals surface area contributed by atoms with Gasteiger partial charge in [0.15, 0.2) is 6.61 Å². The van der Waals surface area contributed by atoms with E-state index in [1.165, 1.54) is 39.4 Å². The third-order valence-electron chi connectivity index (χ3n) is 3.81. The van der Waals surface area contributed by atoms with Crippen molar-refractivity contribution in [1.82, 2.24) is 9.21 Å². The van der Waals surface area contributed by atoms with Crippen molar-refractivity contribution < 1.29 is 27.5 Å². The molecule has 0 fully saturated rings. The van der Waals surface area contributed by atoms with Crippen LogP contribution in [0.3, 0.4) is 0 Å². The lowest BCUT2D eigenvalue weighted by atomic mass is 10.2. The van der Waals surface area contributed by atoms with Crippen molar-refractivity contribution in [2.24, 2.45) is 0 Å². The van der Waals surface area contributed by atoms with Crippen LogP contribution in [0.1, 0.15) is 19.4 Å². The molecular weight excluding hydrogens is 372 g/mol. The first-order valence-electron chi connectivity index (χ1n) is 8.40. The van der Waals surface area contributed by atoms with E-state index in [0.717, 1.165) is 10.4 Å². The van der Waals surface area contributed by atoms with Crippen molar-refractivity contribution in [2.75, 3.05) is 40.9 Å². The topological polar surface area (TPSA) is 93.2 Å². The summed E-state index contributed by atoms with van der Waals surface area (Å²) in [5.74, 6) is -0.762. The molecule has 0 aliphatic heterocycles. The van der Waals surface area contributed by atoms with Gasteiger partial charge in [0, 0.05) is 33.3 Å². The fraction of sp³-hybridized carbons (Fsp3) is 0.444. The minimum absolute atomic E-state index is 0.0118. The lowest BCUT2D eigenvalue weighted by Crippen LogP contribution is -2.34. The fourth-order valence-electron chi connectivity index (χ4n) is 2.21. The molecule has 1 aromatic carbocycles. The minimum atomic E-state index is -3.71. The quantitative estimate of drug-likeness (QED) is 0.461. The fourth-order valence-corrected chi connectivity index (χ4v) is 3.29. The first-order valence-corrected chi connectivity index (χ1v) is 9.84. The second-order valence-electron chi connectivity index (χ2n) is 5.70. The lowest BCUT2D eigenvalue weighted by Gasteiger charge is -2.17. The van der Waals surface area contributed by atoms with Crippen molar-refractivity contribution in [3.05, 3.63) is 29.8 Å². The maximum atomic E-state index is 12.4. The Morgan fingerprint density at radius 1 is 1.15 bits per heavy atom. The molecule has 0 aliphatic rings. The number of esters is 1. The van der Waals surface area contributed by atoms with E-state index in [2.05, 4.69) is 0 Å². The molecule has 0 saturated heterocycles. The third-order valence-corrected chi connectivity index (χ3v) is 5.65. The smallest absolute Gasteiger partial charge is 0.331 e. The molecule has 0 unspecified atom stereocenters. The van der Waals surface area contributed by atoms with Gasteiger partial charge in [0.25, 0.3) is 5.91 Å². The van der Waals surface area contributed by atoms with Gasteiger partial charge in [-0.25, -0.2) is 17.5 Å².